The third kappa shape index (κ3) is 2.63. The first kappa shape index (κ1) is 14.7. The van der Waals surface area contributed by atoms with Crippen LogP contribution in [0.1, 0.15) is 46.7 Å². The van der Waals surface area contributed by atoms with Crippen molar-refractivity contribution >= 4 is 5.91 Å². The number of piperidine rings is 1. The highest BCUT2D eigenvalue weighted by Crippen LogP contribution is 2.23. The van der Waals surface area contributed by atoms with Gasteiger partial charge in [-0.05, 0) is 39.7 Å². The van der Waals surface area contributed by atoms with Gasteiger partial charge < -0.3 is 4.90 Å². The number of carbonyl (C=O) groups excluding carboxylic acids is 1. The molecule has 1 amide bonds. The number of carbonyl (C=O) groups is 1. The summed E-state index contributed by atoms with van der Waals surface area (Å²) >= 11 is 0. The van der Waals surface area contributed by atoms with Crippen molar-refractivity contribution in [3.05, 3.63) is 29.1 Å². The van der Waals surface area contributed by atoms with E-state index in [-0.39, 0.29) is 11.9 Å². The van der Waals surface area contributed by atoms with Crippen molar-refractivity contribution in [2.24, 2.45) is 7.05 Å². The van der Waals surface area contributed by atoms with Crippen LogP contribution in [0.15, 0.2) is 6.07 Å². The minimum atomic E-state index is 0.00268. The van der Waals surface area contributed by atoms with Crippen molar-refractivity contribution < 1.29 is 4.79 Å². The summed E-state index contributed by atoms with van der Waals surface area (Å²) in [4.78, 5) is 18.9. The van der Waals surface area contributed by atoms with E-state index in [0.717, 1.165) is 36.7 Å². The first-order valence-electron chi connectivity index (χ1n) is 7.65. The molecule has 7 heteroatoms. The smallest absolute Gasteiger partial charge is 0.274 e. The maximum absolute atomic E-state index is 12.6. The van der Waals surface area contributed by atoms with Crippen LogP contribution in [0.2, 0.25) is 0 Å². The van der Waals surface area contributed by atoms with E-state index in [4.69, 9.17) is 0 Å². The SMILES string of the molecule is Cc1nc(C)n([C@H]2CCCN(C(=O)c3cc(C)n(C)n3)C2)n1. The fourth-order valence-corrected chi connectivity index (χ4v) is 3.05. The summed E-state index contributed by atoms with van der Waals surface area (Å²) in [5.41, 5.74) is 1.51. The number of rotatable bonds is 2. The molecule has 2 aromatic rings. The molecule has 0 radical (unpaired) electrons. The van der Waals surface area contributed by atoms with Gasteiger partial charge in [0.15, 0.2) is 5.69 Å². The normalized spacial score (nSPS) is 18.7. The monoisotopic (exact) mass is 302 g/mol. The van der Waals surface area contributed by atoms with E-state index in [1.54, 1.807) is 4.68 Å². The van der Waals surface area contributed by atoms with Crippen LogP contribution in [0.3, 0.4) is 0 Å². The van der Waals surface area contributed by atoms with E-state index >= 15 is 0 Å². The van der Waals surface area contributed by atoms with E-state index < -0.39 is 0 Å². The van der Waals surface area contributed by atoms with Gasteiger partial charge in [-0.1, -0.05) is 0 Å². The Labute approximate surface area is 129 Å². The van der Waals surface area contributed by atoms with Gasteiger partial charge in [0.25, 0.3) is 5.91 Å². The Morgan fingerprint density at radius 1 is 1.27 bits per heavy atom. The molecule has 22 heavy (non-hydrogen) atoms. The van der Waals surface area contributed by atoms with Crippen LogP contribution in [0.5, 0.6) is 0 Å². The Kier molecular flexibility index (Phi) is 3.72. The second-order valence-electron chi connectivity index (χ2n) is 5.99. The topological polar surface area (TPSA) is 68.8 Å². The predicted octanol–water partition coefficient (Wildman–Crippen LogP) is 1.41. The van der Waals surface area contributed by atoms with E-state index in [0.29, 0.717) is 12.2 Å². The number of nitrogens with zero attached hydrogens (tertiary/aromatic N) is 6. The fraction of sp³-hybridized carbons (Fsp3) is 0.600. The Morgan fingerprint density at radius 3 is 2.64 bits per heavy atom. The summed E-state index contributed by atoms with van der Waals surface area (Å²) in [7, 11) is 1.85. The molecule has 0 aromatic carbocycles. The molecule has 0 unspecified atom stereocenters. The summed E-state index contributed by atoms with van der Waals surface area (Å²) in [6.07, 6.45) is 2.00. The Balaban J connectivity index is 1.78. The average Bonchev–Trinajstić information content (AvgIpc) is 3.00. The van der Waals surface area contributed by atoms with Gasteiger partial charge in [-0.15, -0.1) is 0 Å². The lowest BCUT2D eigenvalue weighted by Crippen LogP contribution is -2.41. The Hall–Kier alpha value is -2.18. The number of aromatic nitrogens is 5. The van der Waals surface area contributed by atoms with Gasteiger partial charge in [-0.25, -0.2) is 9.67 Å². The van der Waals surface area contributed by atoms with Crippen LogP contribution in [0.4, 0.5) is 0 Å². The van der Waals surface area contributed by atoms with Crippen LogP contribution in [-0.2, 0) is 7.05 Å². The van der Waals surface area contributed by atoms with Gasteiger partial charge in [0.05, 0.1) is 6.04 Å². The first-order valence-corrected chi connectivity index (χ1v) is 7.65. The van der Waals surface area contributed by atoms with Crippen molar-refractivity contribution in [3.8, 4) is 0 Å². The van der Waals surface area contributed by atoms with Gasteiger partial charge in [-0.3, -0.25) is 9.48 Å². The summed E-state index contributed by atoms with van der Waals surface area (Å²) in [6.45, 7) is 7.24. The third-order valence-corrected chi connectivity index (χ3v) is 4.27. The zero-order valence-electron chi connectivity index (χ0n) is 13.6. The van der Waals surface area contributed by atoms with Crippen LogP contribution in [0.25, 0.3) is 0 Å². The largest absolute Gasteiger partial charge is 0.335 e. The highest BCUT2D eigenvalue weighted by Gasteiger charge is 2.28. The first-order chi connectivity index (χ1) is 10.5. The van der Waals surface area contributed by atoms with Crippen molar-refractivity contribution in [1.82, 2.24) is 29.4 Å². The summed E-state index contributed by atoms with van der Waals surface area (Å²) < 4.78 is 3.69. The van der Waals surface area contributed by atoms with Gasteiger partial charge >= 0.3 is 0 Å². The number of likely N-dealkylation sites (tertiary alicyclic amines) is 1. The van der Waals surface area contributed by atoms with E-state index in [1.807, 2.05) is 43.5 Å². The lowest BCUT2D eigenvalue weighted by molar-refractivity contribution is 0.0664. The highest BCUT2D eigenvalue weighted by atomic mass is 16.2. The van der Waals surface area contributed by atoms with Crippen LogP contribution in [0, 0.1) is 20.8 Å². The maximum atomic E-state index is 12.6. The molecule has 0 aliphatic carbocycles. The minimum absolute atomic E-state index is 0.00268. The molecule has 1 aliphatic rings. The van der Waals surface area contributed by atoms with Crippen LogP contribution >= 0.6 is 0 Å². The van der Waals surface area contributed by atoms with Crippen LogP contribution < -0.4 is 0 Å². The lowest BCUT2D eigenvalue weighted by Gasteiger charge is -2.32. The molecule has 1 fully saturated rings. The molecule has 1 atom stereocenters. The van der Waals surface area contributed by atoms with Gasteiger partial charge in [0.1, 0.15) is 11.6 Å². The van der Waals surface area contributed by atoms with Crippen molar-refractivity contribution in [2.45, 2.75) is 39.7 Å². The van der Waals surface area contributed by atoms with Crippen molar-refractivity contribution in [3.63, 3.8) is 0 Å². The molecule has 2 aromatic heterocycles. The average molecular weight is 302 g/mol. The Bertz CT molecular complexity index is 681. The molecule has 118 valence electrons. The fourth-order valence-electron chi connectivity index (χ4n) is 3.05. The van der Waals surface area contributed by atoms with E-state index in [1.165, 1.54) is 0 Å². The molecule has 1 aliphatic heterocycles. The second-order valence-corrected chi connectivity index (χ2v) is 5.99. The third-order valence-electron chi connectivity index (χ3n) is 4.27. The molecule has 3 heterocycles. The molecular formula is C15H22N6O. The standard InChI is InChI=1S/C15H22N6O/c1-10-8-14(18-19(10)4)15(22)20-7-5-6-13(9-20)21-12(3)16-11(2)17-21/h8,13H,5-7,9H2,1-4H3/t13-/m0/s1. The number of amides is 1. The zero-order chi connectivity index (χ0) is 15.9. The molecule has 7 nitrogen and oxygen atoms in total. The molecule has 0 N–H and O–H groups in total. The molecule has 0 bridgehead atoms. The Morgan fingerprint density at radius 2 is 2.05 bits per heavy atom. The highest BCUT2D eigenvalue weighted by molar-refractivity contribution is 5.92. The molecule has 0 saturated carbocycles. The molecule has 3 rings (SSSR count). The van der Waals surface area contributed by atoms with Gasteiger partial charge in [0, 0.05) is 25.8 Å². The van der Waals surface area contributed by atoms with Crippen molar-refractivity contribution in [1.29, 1.82) is 0 Å². The predicted molar refractivity (Wildman–Crippen MR) is 81.6 cm³/mol. The number of hydrogen-bond acceptors (Lipinski definition) is 4. The molecule has 0 spiro atoms. The summed E-state index contributed by atoms with van der Waals surface area (Å²) in [6, 6.07) is 2.04. The quantitative estimate of drug-likeness (QED) is 0.841. The summed E-state index contributed by atoms with van der Waals surface area (Å²) in [5.74, 6) is 1.69. The molecule has 1 saturated heterocycles. The van der Waals surface area contributed by atoms with Gasteiger partial charge in [-0.2, -0.15) is 10.2 Å². The van der Waals surface area contributed by atoms with E-state index in [2.05, 4.69) is 15.2 Å². The molecular weight excluding hydrogens is 280 g/mol. The summed E-state index contributed by atoms with van der Waals surface area (Å²) in [5, 5.41) is 8.76. The number of aryl methyl sites for hydroxylation is 4. The van der Waals surface area contributed by atoms with Crippen LogP contribution in [-0.4, -0.2) is 48.4 Å². The number of hydrogen-bond donors (Lipinski definition) is 0. The van der Waals surface area contributed by atoms with Gasteiger partial charge in [0.2, 0.25) is 0 Å². The maximum Gasteiger partial charge on any atom is 0.274 e. The van der Waals surface area contributed by atoms with E-state index in [9.17, 15) is 4.79 Å². The lowest BCUT2D eigenvalue weighted by atomic mass is 10.1. The minimum Gasteiger partial charge on any atom is -0.335 e. The van der Waals surface area contributed by atoms with Crippen molar-refractivity contribution in [2.75, 3.05) is 13.1 Å². The zero-order valence-corrected chi connectivity index (χ0v) is 13.6. The second kappa shape index (κ2) is 5.55.